The average Bonchev–Trinajstić information content (AvgIpc) is 2.70. The zero-order chi connectivity index (χ0) is 15.0. The normalized spacial score (nSPS) is 16.2. The van der Waals surface area contributed by atoms with Crippen LogP contribution in [0, 0.1) is 0 Å². The Morgan fingerprint density at radius 3 is 2.90 bits per heavy atom. The van der Waals surface area contributed by atoms with Gasteiger partial charge >= 0.3 is 0 Å². The molecular formula is C15H19N3O2. The van der Waals surface area contributed by atoms with E-state index in [4.69, 9.17) is 5.73 Å². The molecule has 0 aromatic rings. The van der Waals surface area contributed by atoms with E-state index >= 15 is 0 Å². The first-order valence-corrected chi connectivity index (χ1v) is 6.20. The van der Waals surface area contributed by atoms with Crippen LogP contribution in [-0.4, -0.2) is 29.2 Å². The monoisotopic (exact) mass is 273 g/mol. The molecule has 5 heteroatoms. The Hall–Kier alpha value is -2.56. The number of amides is 1. The summed E-state index contributed by atoms with van der Waals surface area (Å²) < 4.78 is 0. The fourth-order valence-corrected chi connectivity index (χ4v) is 1.56. The highest BCUT2D eigenvalue weighted by atomic mass is 16.3. The lowest BCUT2D eigenvalue weighted by Gasteiger charge is -2.18. The second-order valence-corrected chi connectivity index (χ2v) is 4.11. The van der Waals surface area contributed by atoms with Gasteiger partial charge in [0.25, 0.3) is 5.91 Å². The number of aliphatic hydroxyl groups excluding tert-OH is 1. The lowest BCUT2D eigenvalue weighted by atomic mass is 10.2. The molecule has 1 heterocycles. The van der Waals surface area contributed by atoms with Crippen LogP contribution >= 0.6 is 0 Å². The number of nitrogens with zero attached hydrogens (tertiary/aromatic N) is 2. The van der Waals surface area contributed by atoms with Crippen molar-refractivity contribution in [2.24, 2.45) is 10.7 Å². The maximum Gasteiger partial charge on any atom is 0.262 e. The quantitative estimate of drug-likeness (QED) is 0.468. The summed E-state index contributed by atoms with van der Waals surface area (Å²) in [6.45, 7) is 1.46. The van der Waals surface area contributed by atoms with Crippen LogP contribution in [0.25, 0.3) is 0 Å². The van der Waals surface area contributed by atoms with Crippen LogP contribution < -0.4 is 5.73 Å². The molecule has 0 radical (unpaired) electrons. The molecule has 0 aliphatic carbocycles. The van der Waals surface area contributed by atoms with Gasteiger partial charge in [0.2, 0.25) is 0 Å². The summed E-state index contributed by atoms with van der Waals surface area (Å²) in [5.74, 6) is 0.151. The molecule has 0 saturated heterocycles. The van der Waals surface area contributed by atoms with E-state index in [1.165, 1.54) is 24.1 Å². The van der Waals surface area contributed by atoms with Gasteiger partial charge in [-0.2, -0.15) is 0 Å². The summed E-state index contributed by atoms with van der Waals surface area (Å²) in [5, 5.41) is 9.64. The lowest BCUT2D eigenvalue weighted by molar-refractivity contribution is -0.124. The minimum absolute atomic E-state index is 0.0557. The van der Waals surface area contributed by atoms with Gasteiger partial charge in [-0.3, -0.25) is 9.69 Å². The SMILES string of the molecule is C\C(O)=C(/C=C\C=C\N)C(=O)N(C)C1=CCC=CC=N1. The fourth-order valence-electron chi connectivity index (χ4n) is 1.56. The molecule has 0 aromatic heterocycles. The molecule has 1 aliphatic rings. The minimum atomic E-state index is -0.336. The van der Waals surface area contributed by atoms with Crippen LogP contribution in [0.1, 0.15) is 13.3 Å². The third-order valence-corrected chi connectivity index (χ3v) is 2.62. The Balaban J connectivity index is 2.96. The number of aliphatic hydroxyl groups is 1. The van der Waals surface area contributed by atoms with Crippen LogP contribution in [0.3, 0.4) is 0 Å². The molecule has 0 saturated carbocycles. The molecule has 20 heavy (non-hydrogen) atoms. The topological polar surface area (TPSA) is 78.9 Å². The first-order chi connectivity index (χ1) is 9.57. The van der Waals surface area contributed by atoms with Crippen LogP contribution in [0.5, 0.6) is 0 Å². The largest absolute Gasteiger partial charge is 0.512 e. The summed E-state index contributed by atoms with van der Waals surface area (Å²) in [6.07, 6.45) is 14.0. The third kappa shape index (κ3) is 4.28. The van der Waals surface area contributed by atoms with E-state index in [2.05, 4.69) is 4.99 Å². The number of carbonyl (C=O) groups is 1. The highest BCUT2D eigenvalue weighted by Gasteiger charge is 2.18. The zero-order valence-corrected chi connectivity index (χ0v) is 11.7. The Bertz CT molecular complexity index is 533. The molecule has 0 spiro atoms. The first kappa shape index (κ1) is 15.5. The molecule has 0 unspecified atom stereocenters. The van der Waals surface area contributed by atoms with Crippen molar-refractivity contribution in [3.05, 3.63) is 59.8 Å². The van der Waals surface area contributed by atoms with E-state index in [0.717, 1.165) is 0 Å². The Morgan fingerprint density at radius 1 is 1.50 bits per heavy atom. The Kier molecular flexibility index (Phi) is 6.03. The summed E-state index contributed by atoms with van der Waals surface area (Å²) in [7, 11) is 1.62. The summed E-state index contributed by atoms with van der Waals surface area (Å²) >= 11 is 0. The van der Waals surface area contributed by atoms with E-state index < -0.39 is 0 Å². The second kappa shape index (κ2) is 7.78. The molecular weight excluding hydrogens is 254 g/mol. The number of allylic oxidation sites excluding steroid dienone is 6. The molecule has 1 rings (SSSR count). The van der Waals surface area contributed by atoms with E-state index in [1.54, 1.807) is 25.4 Å². The van der Waals surface area contributed by atoms with Gasteiger partial charge in [0.05, 0.1) is 5.57 Å². The Labute approximate surface area is 118 Å². The minimum Gasteiger partial charge on any atom is -0.512 e. The van der Waals surface area contributed by atoms with Crippen molar-refractivity contribution in [3.63, 3.8) is 0 Å². The van der Waals surface area contributed by atoms with E-state index in [9.17, 15) is 9.90 Å². The van der Waals surface area contributed by atoms with Crippen molar-refractivity contribution in [2.75, 3.05) is 7.05 Å². The number of hydrogen-bond donors (Lipinski definition) is 2. The molecule has 5 nitrogen and oxygen atoms in total. The van der Waals surface area contributed by atoms with E-state index in [0.29, 0.717) is 12.2 Å². The zero-order valence-electron chi connectivity index (χ0n) is 11.7. The summed E-state index contributed by atoms with van der Waals surface area (Å²) in [6, 6.07) is 0. The molecule has 0 fully saturated rings. The standard InChI is InChI=1S/C15H19N3O2/c1-12(19)13(8-5-6-10-16)15(20)18(2)14-9-4-3-7-11-17-14/h3,5-11,19H,4,16H2,1-2H3/b8-5-,10-6+,13-12-. The van der Waals surface area contributed by atoms with Crippen LogP contribution in [-0.2, 0) is 4.79 Å². The van der Waals surface area contributed by atoms with Gasteiger partial charge in [-0.1, -0.05) is 12.2 Å². The van der Waals surface area contributed by atoms with Gasteiger partial charge in [0.1, 0.15) is 11.6 Å². The van der Waals surface area contributed by atoms with Gasteiger partial charge in [-0.25, -0.2) is 4.99 Å². The van der Waals surface area contributed by atoms with Gasteiger partial charge in [-0.15, -0.1) is 0 Å². The second-order valence-electron chi connectivity index (χ2n) is 4.11. The summed E-state index contributed by atoms with van der Waals surface area (Å²) in [5.41, 5.74) is 5.41. The van der Waals surface area contributed by atoms with Crippen molar-refractivity contribution in [1.29, 1.82) is 0 Å². The van der Waals surface area contributed by atoms with Crippen molar-refractivity contribution < 1.29 is 9.90 Å². The molecule has 1 aliphatic heterocycles. The lowest BCUT2D eigenvalue weighted by Crippen LogP contribution is -2.27. The molecule has 0 aromatic carbocycles. The molecule has 0 bridgehead atoms. The maximum atomic E-state index is 12.4. The van der Waals surface area contributed by atoms with Crippen LogP contribution in [0.2, 0.25) is 0 Å². The number of nitrogens with two attached hydrogens (primary N) is 1. The highest BCUT2D eigenvalue weighted by Crippen LogP contribution is 2.14. The third-order valence-electron chi connectivity index (χ3n) is 2.62. The number of hydrogen-bond acceptors (Lipinski definition) is 4. The Morgan fingerprint density at radius 2 is 2.25 bits per heavy atom. The summed E-state index contributed by atoms with van der Waals surface area (Å²) in [4.78, 5) is 17.9. The van der Waals surface area contributed by atoms with Gasteiger partial charge in [0.15, 0.2) is 0 Å². The first-order valence-electron chi connectivity index (χ1n) is 6.20. The van der Waals surface area contributed by atoms with Crippen molar-refractivity contribution >= 4 is 12.1 Å². The molecule has 1 amide bonds. The molecule has 0 atom stereocenters. The number of likely N-dealkylation sites (N-methyl/N-ethyl adjacent to an activating group) is 1. The van der Waals surface area contributed by atoms with Gasteiger partial charge in [0, 0.05) is 13.3 Å². The number of rotatable bonds is 4. The van der Waals surface area contributed by atoms with E-state index in [1.807, 2.05) is 18.2 Å². The van der Waals surface area contributed by atoms with Crippen LogP contribution in [0.4, 0.5) is 0 Å². The van der Waals surface area contributed by atoms with E-state index in [-0.39, 0.29) is 17.2 Å². The molecule has 106 valence electrons. The van der Waals surface area contributed by atoms with Crippen molar-refractivity contribution in [3.8, 4) is 0 Å². The predicted octanol–water partition coefficient (Wildman–Crippen LogP) is 2.18. The maximum absolute atomic E-state index is 12.4. The van der Waals surface area contributed by atoms with Crippen molar-refractivity contribution in [1.82, 2.24) is 4.90 Å². The van der Waals surface area contributed by atoms with Crippen LogP contribution in [0.15, 0.2) is 64.8 Å². The number of aliphatic imine (C=N–C) groups is 1. The van der Waals surface area contributed by atoms with Crippen molar-refractivity contribution in [2.45, 2.75) is 13.3 Å². The fraction of sp³-hybridized carbons (Fsp3) is 0.200. The predicted molar refractivity (Wildman–Crippen MR) is 80.9 cm³/mol. The highest BCUT2D eigenvalue weighted by molar-refractivity contribution is 5.97. The smallest absolute Gasteiger partial charge is 0.262 e. The van der Waals surface area contributed by atoms with Gasteiger partial charge in [-0.05, 0) is 43.8 Å². The average molecular weight is 273 g/mol. The van der Waals surface area contributed by atoms with Gasteiger partial charge < -0.3 is 10.8 Å². The number of carbonyl (C=O) groups excluding carboxylic acids is 1. The molecule has 3 N–H and O–H groups in total.